The number of imide groups is 1. The van der Waals surface area contributed by atoms with Gasteiger partial charge in [0, 0.05) is 18.2 Å². The van der Waals surface area contributed by atoms with Gasteiger partial charge >= 0.3 is 0 Å². The van der Waals surface area contributed by atoms with Crippen LogP contribution in [0.2, 0.25) is 0 Å². The lowest BCUT2D eigenvalue weighted by Crippen LogP contribution is -2.30. The van der Waals surface area contributed by atoms with Gasteiger partial charge in [-0.1, -0.05) is 13.0 Å². The van der Waals surface area contributed by atoms with Crippen molar-refractivity contribution in [1.82, 2.24) is 4.90 Å². The van der Waals surface area contributed by atoms with Crippen LogP contribution in [-0.2, 0) is 0 Å². The Kier molecular flexibility index (Phi) is 4.72. The third kappa shape index (κ3) is 3.17. The molecule has 1 aliphatic rings. The summed E-state index contributed by atoms with van der Waals surface area (Å²) in [4.78, 5) is 48.9. The zero-order valence-electron chi connectivity index (χ0n) is 14.8. The number of fused-ring (bicyclic) bond motifs is 1. The molecule has 1 N–H and O–H groups in total. The van der Waals surface area contributed by atoms with E-state index in [2.05, 4.69) is 5.32 Å². The van der Waals surface area contributed by atoms with Crippen LogP contribution < -0.4 is 5.32 Å². The summed E-state index contributed by atoms with van der Waals surface area (Å²) in [5, 5.41) is 13.6. The van der Waals surface area contributed by atoms with Gasteiger partial charge in [0.05, 0.1) is 27.3 Å². The van der Waals surface area contributed by atoms with Crippen molar-refractivity contribution >= 4 is 29.1 Å². The molecule has 3 amide bonds. The Balaban J connectivity index is 1.89. The Morgan fingerprint density at radius 2 is 1.85 bits per heavy atom. The summed E-state index contributed by atoms with van der Waals surface area (Å²) in [6.45, 7) is 3.73. The molecule has 8 heteroatoms. The highest BCUT2D eigenvalue weighted by Gasteiger charge is 2.35. The molecule has 0 unspecified atom stereocenters. The van der Waals surface area contributed by atoms with Crippen LogP contribution in [0.15, 0.2) is 36.4 Å². The summed E-state index contributed by atoms with van der Waals surface area (Å²) in [5.74, 6) is -1.30. The minimum atomic E-state index is -0.521. The molecule has 0 spiro atoms. The number of anilines is 1. The Morgan fingerprint density at radius 3 is 2.52 bits per heavy atom. The molecule has 0 fully saturated rings. The van der Waals surface area contributed by atoms with Gasteiger partial charge in [-0.2, -0.15) is 0 Å². The van der Waals surface area contributed by atoms with E-state index in [-0.39, 0.29) is 28.3 Å². The van der Waals surface area contributed by atoms with Crippen molar-refractivity contribution in [2.45, 2.75) is 20.3 Å². The highest BCUT2D eigenvalue weighted by Crippen LogP contribution is 2.27. The summed E-state index contributed by atoms with van der Waals surface area (Å²) >= 11 is 0. The van der Waals surface area contributed by atoms with Gasteiger partial charge in [0.1, 0.15) is 0 Å². The van der Waals surface area contributed by atoms with Gasteiger partial charge in [-0.3, -0.25) is 29.4 Å². The predicted molar refractivity (Wildman–Crippen MR) is 97.9 cm³/mol. The lowest BCUT2D eigenvalue weighted by molar-refractivity contribution is -0.385. The van der Waals surface area contributed by atoms with E-state index in [1.807, 2.05) is 6.92 Å². The van der Waals surface area contributed by atoms with Crippen LogP contribution in [0.5, 0.6) is 0 Å². The molecular weight excluding hydrogens is 350 g/mol. The summed E-state index contributed by atoms with van der Waals surface area (Å²) < 4.78 is 0. The first-order chi connectivity index (χ1) is 12.8. The first-order valence-corrected chi connectivity index (χ1v) is 8.40. The fourth-order valence-corrected chi connectivity index (χ4v) is 3.01. The monoisotopic (exact) mass is 367 g/mol. The van der Waals surface area contributed by atoms with Gasteiger partial charge in [0.15, 0.2) is 0 Å². The second kappa shape index (κ2) is 6.99. The molecule has 27 heavy (non-hydrogen) atoms. The van der Waals surface area contributed by atoms with E-state index in [0.717, 1.165) is 4.90 Å². The second-order valence-corrected chi connectivity index (χ2v) is 6.18. The number of rotatable bonds is 5. The number of nitro benzene ring substituents is 1. The molecule has 0 aromatic heterocycles. The molecule has 2 aromatic rings. The number of carbonyl (C=O) groups excluding carboxylic acids is 3. The smallest absolute Gasteiger partial charge is 0.274 e. The van der Waals surface area contributed by atoms with Crippen LogP contribution in [0.1, 0.15) is 50.0 Å². The molecule has 1 aliphatic heterocycles. The molecule has 0 saturated carbocycles. The molecule has 0 aliphatic carbocycles. The normalized spacial score (nSPS) is 12.9. The van der Waals surface area contributed by atoms with Crippen LogP contribution in [0.3, 0.4) is 0 Å². The Labute approximate surface area is 154 Å². The van der Waals surface area contributed by atoms with Crippen molar-refractivity contribution < 1.29 is 19.3 Å². The van der Waals surface area contributed by atoms with Gasteiger partial charge in [-0.05, 0) is 37.6 Å². The van der Waals surface area contributed by atoms with E-state index in [9.17, 15) is 24.5 Å². The number of amides is 3. The molecular formula is C19H17N3O5. The van der Waals surface area contributed by atoms with E-state index in [1.54, 1.807) is 13.0 Å². The topological polar surface area (TPSA) is 110 Å². The zero-order chi connectivity index (χ0) is 19.7. The highest BCUT2D eigenvalue weighted by atomic mass is 16.6. The third-order valence-corrected chi connectivity index (χ3v) is 4.43. The third-order valence-electron chi connectivity index (χ3n) is 4.43. The minimum Gasteiger partial charge on any atom is -0.321 e. The molecule has 1 heterocycles. The lowest BCUT2D eigenvalue weighted by Gasteiger charge is -2.11. The van der Waals surface area contributed by atoms with Gasteiger partial charge < -0.3 is 5.32 Å². The maximum absolute atomic E-state index is 12.6. The molecule has 138 valence electrons. The maximum atomic E-state index is 12.6. The Bertz CT molecular complexity index is 983. The van der Waals surface area contributed by atoms with E-state index in [0.29, 0.717) is 24.2 Å². The van der Waals surface area contributed by atoms with Gasteiger partial charge in [0.25, 0.3) is 23.4 Å². The number of hydrogen-bond donors (Lipinski definition) is 1. The quantitative estimate of drug-likeness (QED) is 0.496. The Hall–Kier alpha value is -3.55. The van der Waals surface area contributed by atoms with Crippen molar-refractivity contribution in [2.24, 2.45) is 0 Å². The first-order valence-electron chi connectivity index (χ1n) is 8.40. The summed E-state index contributed by atoms with van der Waals surface area (Å²) in [5.41, 5.74) is 1.20. The number of nitrogens with one attached hydrogen (secondary N) is 1. The van der Waals surface area contributed by atoms with Crippen molar-refractivity contribution in [3.05, 3.63) is 68.8 Å². The van der Waals surface area contributed by atoms with Crippen molar-refractivity contribution in [2.75, 3.05) is 11.9 Å². The van der Waals surface area contributed by atoms with E-state index < -0.39 is 16.7 Å². The number of benzene rings is 2. The summed E-state index contributed by atoms with van der Waals surface area (Å²) in [7, 11) is 0. The molecule has 3 rings (SSSR count). The van der Waals surface area contributed by atoms with E-state index >= 15 is 0 Å². The van der Waals surface area contributed by atoms with Gasteiger partial charge in [-0.25, -0.2) is 0 Å². The second-order valence-electron chi connectivity index (χ2n) is 6.18. The fraction of sp³-hybridized carbons (Fsp3) is 0.211. The zero-order valence-corrected chi connectivity index (χ0v) is 14.8. The van der Waals surface area contributed by atoms with Gasteiger partial charge in [0.2, 0.25) is 0 Å². The average Bonchev–Trinajstić information content (AvgIpc) is 2.88. The van der Waals surface area contributed by atoms with Gasteiger partial charge in [-0.15, -0.1) is 0 Å². The number of hydrogen-bond acceptors (Lipinski definition) is 5. The lowest BCUT2D eigenvalue weighted by atomic mass is 10.0. The minimum absolute atomic E-state index is 0.0993. The molecule has 0 bridgehead atoms. The fourth-order valence-electron chi connectivity index (χ4n) is 3.01. The highest BCUT2D eigenvalue weighted by molar-refractivity contribution is 6.22. The molecule has 0 atom stereocenters. The molecule has 0 radical (unpaired) electrons. The first kappa shape index (κ1) is 18.2. The molecule has 8 nitrogen and oxygen atoms in total. The van der Waals surface area contributed by atoms with Crippen molar-refractivity contribution in [1.29, 1.82) is 0 Å². The SMILES string of the molecule is CCCN1C(=O)c2ccc(C(=O)Nc3cccc([N+](=O)[O-])c3C)cc2C1=O. The number of nitrogens with zero attached hydrogens (tertiary/aromatic N) is 2. The van der Waals surface area contributed by atoms with E-state index in [4.69, 9.17) is 0 Å². The predicted octanol–water partition coefficient (Wildman–Crippen LogP) is 3.16. The van der Waals surface area contributed by atoms with Crippen LogP contribution >= 0.6 is 0 Å². The van der Waals surface area contributed by atoms with Crippen LogP contribution in [0, 0.1) is 17.0 Å². The number of carbonyl (C=O) groups is 3. The van der Waals surface area contributed by atoms with Crippen LogP contribution in [-0.4, -0.2) is 34.1 Å². The van der Waals surface area contributed by atoms with Crippen LogP contribution in [0.25, 0.3) is 0 Å². The summed E-state index contributed by atoms with van der Waals surface area (Å²) in [6, 6.07) is 8.70. The Morgan fingerprint density at radius 1 is 1.15 bits per heavy atom. The van der Waals surface area contributed by atoms with Crippen molar-refractivity contribution in [3.63, 3.8) is 0 Å². The largest absolute Gasteiger partial charge is 0.321 e. The van der Waals surface area contributed by atoms with Crippen molar-refractivity contribution in [3.8, 4) is 0 Å². The maximum Gasteiger partial charge on any atom is 0.274 e. The number of nitro groups is 1. The molecule has 0 saturated heterocycles. The standard InChI is InChI=1S/C19H17N3O5/c1-3-9-21-18(24)13-8-7-12(10-14(13)19(21)25)17(23)20-15-5-4-6-16(11(15)2)22(26)27/h4-8,10H,3,9H2,1-2H3,(H,20,23). The molecule has 2 aromatic carbocycles. The van der Waals surface area contributed by atoms with E-state index in [1.165, 1.54) is 30.3 Å². The summed E-state index contributed by atoms with van der Waals surface area (Å²) in [6.07, 6.45) is 0.644. The average molecular weight is 367 g/mol. The van der Waals surface area contributed by atoms with Crippen LogP contribution in [0.4, 0.5) is 11.4 Å².